The normalized spacial score (nSPS) is 79.9. The Morgan fingerprint density at radius 3 is 2.52 bits per heavy atom. The summed E-state index contributed by atoms with van der Waals surface area (Å²) in [5, 5.41) is 10.7. The van der Waals surface area contributed by atoms with Crippen molar-refractivity contribution in [3.05, 3.63) is 0 Å². The first-order valence-corrected chi connectivity index (χ1v) is 10.1. The van der Waals surface area contributed by atoms with E-state index in [0.717, 1.165) is 41.9 Å². The number of carbonyl (C=O) groups is 1. The molecule has 122 valence electrons. The number of aliphatic hydroxyl groups is 1. The fraction of sp³-hybridized carbons (Fsp3) is 0.950. The average Bonchev–Trinajstić information content (AvgIpc) is 3.27. The van der Waals surface area contributed by atoms with Gasteiger partial charge in [-0.3, -0.25) is 0 Å². The highest BCUT2D eigenvalue weighted by Crippen LogP contribution is 2.89. The molecule has 15 unspecified atom stereocenters. The van der Waals surface area contributed by atoms with Crippen LogP contribution in [0.25, 0.3) is 0 Å². The van der Waals surface area contributed by atoms with Gasteiger partial charge < -0.3 is 14.6 Å². The van der Waals surface area contributed by atoms with E-state index in [-0.39, 0.29) is 17.6 Å². The lowest BCUT2D eigenvalue weighted by Gasteiger charge is -2.54. The van der Waals surface area contributed by atoms with E-state index in [0.29, 0.717) is 35.7 Å². The van der Waals surface area contributed by atoms with Crippen LogP contribution < -0.4 is 0 Å². The van der Waals surface area contributed by atoms with E-state index in [2.05, 4.69) is 0 Å². The van der Waals surface area contributed by atoms with Gasteiger partial charge in [0.1, 0.15) is 6.29 Å². The smallest absolute Gasteiger partial charge is 0.129 e. The molecule has 0 aromatic rings. The van der Waals surface area contributed by atoms with Crippen LogP contribution in [0.1, 0.15) is 25.7 Å². The average molecular weight is 312 g/mol. The zero-order valence-electron chi connectivity index (χ0n) is 13.3. The number of fused-ring (bicyclic) bond motifs is 1. The predicted molar refractivity (Wildman–Crippen MR) is 80.0 cm³/mol. The highest BCUT2D eigenvalue weighted by Gasteiger charge is 2.90. The Hall–Kier alpha value is -0.410. The van der Waals surface area contributed by atoms with Crippen molar-refractivity contribution in [2.24, 2.45) is 70.5 Å². The van der Waals surface area contributed by atoms with Crippen LogP contribution in [0.5, 0.6) is 0 Å². The molecule has 1 heterocycles. The summed E-state index contributed by atoms with van der Waals surface area (Å²) in [4.78, 5) is 12.7. The molecule has 0 aromatic carbocycles. The van der Waals surface area contributed by atoms with E-state index in [1.807, 2.05) is 0 Å². The van der Waals surface area contributed by atoms with E-state index >= 15 is 0 Å². The van der Waals surface area contributed by atoms with Crippen molar-refractivity contribution in [2.45, 2.75) is 44.0 Å². The van der Waals surface area contributed by atoms with E-state index in [1.165, 1.54) is 25.5 Å². The number of aldehydes is 1. The van der Waals surface area contributed by atoms with Gasteiger partial charge in [0.2, 0.25) is 0 Å². The van der Waals surface area contributed by atoms with Crippen LogP contribution >= 0.6 is 0 Å². The van der Waals surface area contributed by atoms with Gasteiger partial charge in [-0.15, -0.1) is 0 Å². The predicted octanol–water partition coefficient (Wildman–Crippen LogP) is 1.73. The Labute approximate surface area is 136 Å². The molecule has 8 aliphatic carbocycles. The second-order valence-electron chi connectivity index (χ2n) is 10.4. The number of hydrogen-bond donors (Lipinski definition) is 1. The lowest BCUT2D eigenvalue weighted by Crippen LogP contribution is -2.59. The summed E-state index contributed by atoms with van der Waals surface area (Å²) in [6.07, 6.45) is 6.70. The third-order valence-corrected chi connectivity index (χ3v) is 10.8. The fourth-order valence-corrected chi connectivity index (χ4v) is 11.3. The molecule has 1 N–H and O–H groups in total. The zero-order valence-corrected chi connectivity index (χ0v) is 13.3. The van der Waals surface area contributed by atoms with Crippen molar-refractivity contribution in [1.82, 2.24) is 0 Å². The molecule has 23 heavy (non-hydrogen) atoms. The highest BCUT2D eigenvalue weighted by molar-refractivity contribution is 5.67. The molecular weight excluding hydrogens is 288 g/mol. The van der Waals surface area contributed by atoms with Crippen molar-refractivity contribution in [2.75, 3.05) is 0 Å². The van der Waals surface area contributed by atoms with Crippen molar-refractivity contribution >= 4 is 6.29 Å². The Morgan fingerprint density at radius 1 is 0.826 bits per heavy atom. The van der Waals surface area contributed by atoms with Gasteiger partial charge in [-0.25, -0.2) is 0 Å². The number of ether oxygens (including phenoxy) is 1. The number of carbonyl (C=O) groups excluding carboxylic acids is 1. The largest absolute Gasteiger partial charge is 0.393 e. The van der Waals surface area contributed by atoms with Gasteiger partial charge in [0.05, 0.1) is 23.7 Å². The summed E-state index contributed by atoms with van der Waals surface area (Å²) < 4.78 is 6.75. The Kier molecular flexibility index (Phi) is 1.67. The van der Waals surface area contributed by atoms with Crippen LogP contribution in [0.2, 0.25) is 0 Å². The van der Waals surface area contributed by atoms with Crippen LogP contribution in [0.15, 0.2) is 0 Å². The van der Waals surface area contributed by atoms with Gasteiger partial charge in [-0.05, 0) is 90.8 Å². The Bertz CT molecular complexity index is 661. The van der Waals surface area contributed by atoms with Gasteiger partial charge in [-0.1, -0.05) is 0 Å². The Morgan fingerprint density at radius 2 is 1.65 bits per heavy atom. The molecule has 0 radical (unpaired) electrons. The molecule has 0 spiro atoms. The van der Waals surface area contributed by atoms with Crippen LogP contribution in [0.4, 0.5) is 0 Å². The van der Waals surface area contributed by atoms with Crippen molar-refractivity contribution < 1.29 is 14.6 Å². The van der Waals surface area contributed by atoms with Crippen LogP contribution in [0.3, 0.4) is 0 Å². The number of hydrogen-bond acceptors (Lipinski definition) is 3. The molecule has 9 bridgehead atoms. The maximum Gasteiger partial charge on any atom is 0.129 e. The monoisotopic (exact) mass is 312 g/mol. The number of aliphatic hydroxyl groups excluding tert-OH is 1. The summed E-state index contributed by atoms with van der Waals surface area (Å²) in [5.41, 5.74) is -0.202. The topological polar surface area (TPSA) is 46.5 Å². The summed E-state index contributed by atoms with van der Waals surface area (Å²) in [5.74, 6) is 7.76. The standard InChI is InChI=1S/C20H24O3/c21-5-20-17-7-2-4-9-11(7)13-15(17)14-12(16(13)19(20)23-9)6-1-3-8(22)10(6)18(14)20/h5-19,22H,1-4H2. The SMILES string of the molecule is O=CC12C3OC4CCC5C4C4C3C3C6CCC(O)C6C1C3C4C52. The quantitative estimate of drug-likeness (QED) is 0.750. The molecule has 9 rings (SSSR count). The maximum atomic E-state index is 12.7. The second-order valence-corrected chi connectivity index (χ2v) is 10.4. The minimum absolute atomic E-state index is 0.139. The Balaban J connectivity index is 1.45. The molecule has 9 fully saturated rings. The summed E-state index contributed by atoms with van der Waals surface area (Å²) in [6.45, 7) is 0. The molecule has 8 saturated carbocycles. The molecule has 9 aliphatic rings. The molecular formula is C20H24O3. The molecule has 15 atom stereocenters. The summed E-state index contributed by atoms with van der Waals surface area (Å²) >= 11 is 0. The minimum atomic E-state index is -0.202. The third-order valence-electron chi connectivity index (χ3n) is 10.8. The van der Waals surface area contributed by atoms with Gasteiger partial charge in [0, 0.05) is 0 Å². The highest BCUT2D eigenvalue weighted by atomic mass is 16.5. The maximum absolute atomic E-state index is 12.7. The fourth-order valence-electron chi connectivity index (χ4n) is 11.3. The van der Waals surface area contributed by atoms with E-state index < -0.39 is 0 Å². The molecule has 0 amide bonds. The molecule has 3 nitrogen and oxygen atoms in total. The molecule has 0 aromatic heterocycles. The van der Waals surface area contributed by atoms with E-state index in [1.54, 1.807) is 0 Å². The first kappa shape index (κ1) is 12.0. The van der Waals surface area contributed by atoms with Crippen molar-refractivity contribution in [3.8, 4) is 0 Å². The summed E-state index contributed by atoms with van der Waals surface area (Å²) in [6, 6.07) is 0. The van der Waals surface area contributed by atoms with Crippen LogP contribution in [-0.4, -0.2) is 29.7 Å². The summed E-state index contributed by atoms with van der Waals surface area (Å²) in [7, 11) is 0. The molecule has 1 aliphatic heterocycles. The first-order chi connectivity index (χ1) is 11.3. The second kappa shape index (κ2) is 3.19. The lowest BCUT2D eigenvalue weighted by molar-refractivity contribution is -0.206. The third kappa shape index (κ3) is 0.852. The zero-order chi connectivity index (χ0) is 14.8. The van der Waals surface area contributed by atoms with Gasteiger partial charge in [-0.2, -0.15) is 0 Å². The van der Waals surface area contributed by atoms with Crippen LogP contribution in [0, 0.1) is 70.5 Å². The van der Waals surface area contributed by atoms with Crippen molar-refractivity contribution in [1.29, 1.82) is 0 Å². The number of rotatable bonds is 1. The van der Waals surface area contributed by atoms with Crippen LogP contribution in [-0.2, 0) is 9.53 Å². The van der Waals surface area contributed by atoms with Gasteiger partial charge in [0.15, 0.2) is 0 Å². The van der Waals surface area contributed by atoms with E-state index in [9.17, 15) is 9.90 Å². The van der Waals surface area contributed by atoms with Crippen molar-refractivity contribution in [3.63, 3.8) is 0 Å². The van der Waals surface area contributed by atoms with Gasteiger partial charge in [0.25, 0.3) is 0 Å². The first-order valence-electron chi connectivity index (χ1n) is 10.1. The lowest BCUT2D eigenvalue weighted by atomic mass is 9.55. The minimum Gasteiger partial charge on any atom is -0.393 e. The van der Waals surface area contributed by atoms with Gasteiger partial charge >= 0.3 is 0 Å². The molecule has 1 saturated heterocycles. The molecule has 3 heteroatoms. The van der Waals surface area contributed by atoms with E-state index in [4.69, 9.17) is 4.74 Å².